The van der Waals surface area contributed by atoms with Crippen molar-refractivity contribution in [3.8, 4) is 11.3 Å². The minimum Gasteiger partial charge on any atom is -0.340 e. The topological polar surface area (TPSA) is 78.0 Å². The number of carbonyl (C=O) groups is 1. The second kappa shape index (κ2) is 8.42. The van der Waals surface area contributed by atoms with E-state index in [0.717, 1.165) is 65.5 Å². The second-order valence-corrected chi connectivity index (χ2v) is 8.83. The van der Waals surface area contributed by atoms with Crippen molar-refractivity contribution in [1.29, 1.82) is 0 Å². The predicted molar refractivity (Wildman–Crippen MR) is 114 cm³/mol. The number of hydrogen-bond acceptors (Lipinski definition) is 6. The van der Waals surface area contributed by atoms with Gasteiger partial charge in [0.25, 0.3) is 0 Å². The molecule has 1 aliphatic rings. The summed E-state index contributed by atoms with van der Waals surface area (Å²) in [6.45, 7) is 9.85. The zero-order valence-corrected chi connectivity index (χ0v) is 17.9. The van der Waals surface area contributed by atoms with Gasteiger partial charge >= 0.3 is 0 Å². The lowest BCUT2D eigenvalue weighted by atomic mass is 10.1. The van der Waals surface area contributed by atoms with E-state index in [1.807, 2.05) is 18.7 Å². The molecule has 29 heavy (non-hydrogen) atoms. The molecule has 8 heteroatoms. The fourth-order valence-corrected chi connectivity index (χ4v) is 4.54. The fraction of sp³-hybridized carbons (Fsp3) is 0.429. The van der Waals surface area contributed by atoms with Gasteiger partial charge in [-0.05, 0) is 20.8 Å². The van der Waals surface area contributed by atoms with Crippen LogP contribution in [0.5, 0.6) is 0 Å². The predicted octanol–water partition coefficient (Wildman–Crippen LogP) is 2.74. The van der Waals surface area contributed by atoms with Gasteiger partial charge in [-0.1, -0.05) is 29.8 Å². The molecule has 0 spiro atoms. The third-order valence-electron chi connectivity index (χ3n) is 5.17. The van der Waals surface area contributed by atoms with E-state index in [9.17, 15) is 4.79 Å². The summed E-state index contributed by atoms with van der Waals surface area (Å²) >= 11 is 1.62. The van der Waals surface area contributed by atoms with Gasteiger partial charge in [-0.15, -0.1) is 11.3 Å². The van der Waals surface area contributed by atoms with Gasteiger partial charge in [-0.25, -0.2) is 9.97 Å². The van der Waals surface area contributed by atoms with E-state index in [4.69, 9.17) is 4.98 Å². The minimum atomic E-state index is 0.176. The highest BCUT2D eigenvalue weighted by Crippen LogP contribution is 2.29. The summed E-state index contributed by atoms with van der Waals surface area (Å²) in [5.74, 6) is 1.82. The van der Waals surface area contributed by atoms with Crippen LogP contribution in [-0.4, -0.2) is 62.1 Å². The van der Waals surface area contributed by atoms with Crippen LogP contribution in [-0.2, 0) is 17.8 Å². The third-order valence-corrected chi connectivity index (χ3v) is 6.15. The molecule has 1 N–H and O–H groups in total. The van der Waals surface area contributed by atoms with Gasteiger partial charge in [0, 0.05) is 36.6 Å². The van der Waals surface area contributed by atoms with Gasteiger partial charge in [-0.3, -0.25) is 14.8 Å². The average Bonchev–Trinajstić information content (AvgIpc) is 3.28. The first-order valence-electron chi connectivity index (χ1n) is 9.89. The lowest BCUT2D eigenvalue weighted by Crippen LogP contribution is -2.48. The van der Waals surface area contributed by atoms with Crippen molar-refractivity contribution in [3.05, 3.63) is 51.4 Å². The molecule has 1 aliphatic heterocycles. The number of carbonyl (C=O) groups excluding carboxylic acids is 1. The molecular weight excluding hydrogens is 384 g/mol. The molecular formula is C21H26N6OS. The van der Waals surface area contributed by atoms with Crippen LogP contribution in [0.3, 0.4) is 0 Å². The number of hydrogen-bond donors (Lipinski definition) is 1. The maximum Gasteiger partial charge on any atom is 0.227 e. The summed E-state index contributed by atoms with van der Waals surface area (Å²) in [6.07, 6.45) is 0.412. The van der Waals surface area contributed by atoms with Crippen LogP contribution >= 0.6 is 11.3 Å². The number of aryl methyl sites for hydroxylation is 3. The number of benzene rings is 1. The van der Waals surface area contributed by atoms with Crippen LogP contribution in [0, 0.1) is 20.8 Å². The molecule has 1 aromatic carbocycles. The number of rotatable bonds is 5. The van der Waals surface area contributed by atoms with Gasteiger partial charge in [-0.2, -0.15) is 5.10 Å². The molecule has 0 aliphatic carbocycles. The molecule has 0 radical (unpaired) electrons. The van der Waals surface area contributed by atoms with Crippen LogP contribution < -0.4 is 0 Å². The Morgan fingerprint density at radius 3 is 2.45 bits per heavy atom. The first kappa shape index (κ1) is 19.7. The molecule has 0 atom stereocenters. The number of aromatic nitrogens is 4. The van der Waals surface area contributed by atoms with Gasteiger partial charge in [0.2, 0.25) is 5.91 Å². The molecule has 1 fully saturated rings. The monoisotopic (exact) mass is 410 g/mol. The number of H-pyrrole nitrogens is 1. The van der Waals surface area contributed by atoms with Crippen molar-refractivity contribution < 1.29 is 4.79 Å². The summed E-state index contributed by atoms with van der Waals surface area (Å²) in [4.78, 5) is 27.3. The van der Waals surface area contributed by atoms with E-state index in [1.54, 1.807) is 11.3 Å². The summed E-state index contributed by atoms with van der Waals surface area (Å²) in [6, 6.07) is 8.35. The summed E-state index contributed by atoms with van der Waals surface area (Å²) in [5.41, 5.74) is 3.24. The lowest BCUT2D eigenvalue weighted by Gasteiger charge is -2.34. The van der Waals surface area contributed by atoms with Crippen LogP contribution in [0.15, 0.2) is 24.3 Å². The highest BCUT2D eigenvalue weighted by Gasteiger charge is 2.24. The quantitative estimate of drug-likeness (QED) is 0.700. The van der Waals surface area contributed by atoms with Crippen LogP contribution in [0.25, 0.3) is 11.3 Å². The SMILES string of the molecule is Cc1ccc(-c2nc(C)sc2CC(=O)N2CCN(Cc3n[nH]c(C)n3)CC2)cc1. The van der Waals surface area contributed by atoms with Gasteiger partial charge in [0.05, 0.1) is 23.7 Å². The Balaban J connectivity index is 1.37. The van der Waals surface area contributed by atoms with Gasteiger partial charge < -0.3 is 4.90 Å². The molecule has 3 aromatic rings. The van der Waals surface area contributed by atoms with E-state index in [2.05, 4.69) is 51.3 Å². The summed E-state index contributed by atoms with van der Waals surface area (Å²) in [7, 11) is 0. The van der Waals surface area contributed by atoms with Crippen LogP contribution in [0.2, 0.25) is 0 Å². The molecule has 3 heterocycles. The molecule has 1 amide bonds. The fourth-order valence-electron chi connectivity index (χ4n) is 3.59. The molecule has 0 saturated carbocycles. The maximum atomic E-state index is 12.9. The largest absolute Gasteiger partial charge is 0.340 e. The van der Waals surface area contributed by atoms with Gasteiger partial charge in [0.15, 0.2) is 5.82 Å². The average molecular weight is 411 g/mol. The highest BCUT2D eigenvalue weighted by molar-refractivity contribution is 7.12. The molecule has 4 rings (SSSR count). The Kier molecular flexibility index (Phi) is 5.73. The zero-order valence-electron chi connectivity index (χ0n) is 17.1. The smallest absolute Gasteiger partial charge is 0.227 e. The zero-order chi connectivity index (χ0) is 20.4. The summed E-state index contributed by atoms with van der Waals surface area (Å²) in [5, 5.41) is 8.08. The Morgan fingerprint density at radius 1 is 1.07 bits per heavy atom. The molecule has 7 nitrogen and oxygen atoms in total. The summed E-state index contributed by atoms with van der Waals surface area (Å²) < 4.78 is 0. The number of aromatic amines is 1. The second-order valence-electron chi connectivity index (χ2n) is 7.54. The molecule has 1 saturated heterocycles. The first-order chi connectivity index (χ1) is 14.0. The third kappa shape index (κ3) is 4.71. The molecule has 0 bridgehead atoms. The van der Waals surface area contributed by atoms with Crippen LogP contribution in [0.4, 0.5) is 0 Å². The normalized spacial score (nSPS) is 15.1. The number of amides is 1. The van der Waals surface area contributed by atoms with E-state index in [-0.39, 0.29) is 5.91 Å². The van der Waals surface area contributed by atoms with E-state index < -0.39 is 0 Å². The molecule has 0 unspecified atom stereocenters. The van der Waals surface area contributed by atoms with Crippen molar-refractivity contribution in [2.75, 3.05) is 26.2 Å². The van der Waals surface area contributed by atoms with Crippen molar-refractivity contribution in [3.63, 3.8) is 0 Å². The standard InChI is InChI=1S/C21H26N6OS/c1-14-4-6-17(7-5-14)21-18(29-16(3)23-21)12-20(28)27-10-8-26(9-11-27)13-19-22-15(2)24-25-19/h4-7H,8-13H2,1-3H3,(H,22,24,25). The van der Waals surface area contributed by atoms with Crippen molar-refractivity contribution >= 4 is 17.2 Å². The van der Waals surface area contributed by atoms with E-state index in [1.165, 1.54) is 5.56 Å². The first-order valence-corrected chi connectivity index (χ1v) is 10.7. The number of thiazole rings is 1. The van der Waals surface area contributed by atoms with Crippen molar-refractivity contribution in [1.82, 2.24) is 30.0 Å². The highest BCUT2D eigenvalue weighted by atomic mass is 32.1. The Labute approximate surface area is 174 Å². The van der Waals surface area contributed by atoms with Gasteiger partial charge in [0.1, 0.15) is 5.82 Å². The molecule has 2 aromatic heterocycles. The maximum absolute atomic E-state index is 12.9. The molecule has 152 valence electrons. The van der Waals surface area contributed by atoms with Crippen molar-refractivity contribution in [2.24, 2.45) is 0 Å². The Bertz CT molecular complexity index is 985. The minimum absolute atomic E-state index is 0.176. The van der Waals surface area contributed by atoms with Crippen molar-refractivity contribution in [2.45, 2.75) is 33.7 Å². The van der Waals surface area contributed by atoms with Crippen LogP contribution in [0.1, 0.15) is 27.1 Å². The van der Waals surface area contributed by atoms with E-state index >= 15 is 0 Å². The van der Waals surface area contributed by atoms with E-state index in [0.29, 0.717) is 6.42 Å². The Hall–Kier alpha value is -2.58. The number of nitrogens with zero attached hydrogens (tertiary/aromatic N) is 5. The number of piperazine rings is 1. The Morgan fingerprint density at radius 2 is 1.79 bits per heavy atom. The lowest BCUT2D eigenvalue weighted by molar-refractivity contribution is -0.132. The number of nitrogens with one attached hydrogen (secondary N) is 1.